The number of anilines is 3. The molecule has 0 saturated heterocycles. The fourth-order valence-electron chi connectivity index (χ4n) is 2.89. The van der Waals surface area contributed by atoms with Gasteiger partial charge in [-0.1, -0.05) is 31.0 Å². The molecule has 0 aromatic heterocycles. The predicted molar refractivity (Wildman–Crippen MR) is 108 cm³/mol. The molecule has 0 aliphatic carbocycles. The fourth-order valence-corrected chi connectivity index (χ4v) is 3.08. The Labute approximate surface area is 163 Å². The highest BCUT2D eigenvalue weighted by Gasteiger charge is 2.31. The number of ether oxygens (including phenoxy) is 1. The zero-order valence-electron chi connectivity index (χ0n) is 15.3. The van der Waals surface area contributed by atoms with Crippen LogP contribution in [0.4, 0.5) is 21.9 Å². The molecular weight excluding hydrogens is 366 g/mol. The Bertz CT molecular complexity index is 856. The molecule has 7 heteroatoms. The van der Waals surface area contributed by atoms with Gasteiger partial charge in [-0.05, 0) is 49.7 Å². The van der Waals surface area contributed by atoms with Crippen LogP contribution in [0.3, 0.4) is 0 Å². The summed E-state index contributed by atoms with van der Waals surface area (Å²) in [6.45, 7) is 4.44. The number of halogens is 1. The van der Waals surface area contributed by atoms with E-state index in [4.69, 9.17) is 16.3 Å². The number of carbonyl (C=O) groups excluding carboxylic acids is 2. The maximum absolute atomic E-state index is 12.5. The fraction of sp³-hybridized carbons (Fsp3) is 0.300. The van der Waals surface area contributed by atoms with Crippen molar-refractivity contribution >= 4 is 40.6 Å². The number of benzene rings is 2. The summed E-state index contributed by atoms with van der Waals surface area (Å²) < 4.78 is 5.69. The molecule has 0 saturated carbocycles. The summed E-state index contributed by atoms with van der Waals surface area (Å²) in [5.74, 6) is 0.565. The lowest BCUT2D eigenvalue weighted by atomic mass is 10.1. The lowest BCUT2D eigenvalue weighted by molar-refractivity contribution is -0.125. The van der Waals surface area contributed by atoms with Gasteiger partial charge in [0, 0.05) is 22.9 Å². The van der Waals surface area contributed by atoms with Gasteiger partial charge in [-0.15, -0.1) is 0 Å². The van der Waals surface area contributed by atoms with Gasteiger partial charge in [-0.2, -0.15) is 0 Å². The Morgan fingerprint density at radius 2 is 1.93 bits per heavy atom. The van der Waals surface area contributed by atoms with Crippen molar-refractivity contribution in [1.29, 1.82) is 0 Å². The van der Waals surface area contributed by atoms with Crippen LogP contribution in [0.25, 0.3) is 0 Å². The molecule has 6 nitrogen and oxygen atoms in total. The van der Waals surface area contributed by atoms with E-state index in [-0.39, 0.29) is 5.91 Å². The minimum Gasteiger partial charge on any atom is -0.479 e. The van der Waals surface area contributed by atoms with E-state index in [2.05, 4.69) is 17.6 Å². The summed E-state index contributed by atoms with van der Waals surface area (Å²) in [7, 11) is 0. The zero-order chi connectivity index (χ0) is 19.4. The summed E-state index contributed by atoms with van der Waals surface area (Å²) in [6, 6.07) is 11.8. The van der Waals surface area contributed by atoms with Gasteiger partial charge in [-0.25, -0.2) is 4.79 Å². The van der Waals surface area contributed by atoms with Crippen molar-refractivity contribution in [3.05, 3.63) is 47.5 Å². The summed E-state index contributed by atoms with van der Waals surface area (Å²) in [5, 5.41) is 6.04. The van der Waals surface area contributed by atoms with E-state index < -0.39 is 12.1 Å². The van der Waals surface area contributed by atoms with Crippen LogP contribution in [-0.4, -0.2) is 24.6 Å². The van der Waals surface area contributed by atoms with Crippen LogP contribution < -0.4 is 20.3 Å². The van der Waals surface area contributed by atoms with Crippen molar-refractivity contribution in [3.63, 3.8) is 0 Å². The van der Waals surface area contributed by atoms with Crippen molar-refractivity contribution in [2.45, 2.75) is 32.8 Å². The monoisotopic (exact) mass is 387 g/mol. The molecule has 3 rings (SSSR count). The van der Waals surface area contributed by atoms with Crippen molar-refractivity contribution in [2.75, 3.05) is 22.1 Å². The molecule has 0 radical (unpaired) electrons. The standard InChI is InChI=1S/C20H22ClN3O3/c1-3-4-10-24-17-12-16(8-9-18(17)27-13(2)19(24)25)23-20(26)22-15-7-5-6-14(21)11-15/h5-9,11-13H,3-4,10H2,1-2H3,(H2,22,23,26). The number of fused-ring (bicyclic) bond motifs is 1. The molecule has 1 heterocycles. The first-order valence-corrected chi connectivity index (χ1v) is 9.31. The van der Waals surface area contributed by atoms with Crippen molar-refractivity contribution in [1.82, 2.24) is 0 Å². The Morgan fingerprint density at radius 1 is 1.19 bits per heavy atom. The minimum atomic E-state index is -0.515. The van der Waals surface area contributed by atoms with Gasteiger partial charge in [0.05, 0.1) is 5.69 Å². The summed E-state index contributed by atoms with van der Waals surface area (Å²) >= 11 is 5.93. The molecule has 27 heavy (non-hydrogen) atoms. The molecule has 2 N–H and O–H groups in total. The average Bonchev–Trinajstić information content (AvgIpc) is 2.62. The van der Waals surface area contributed by atoms with Gasteiger partial charge >= 0.3 is 6.03 Å². The molecule has 1 unspecified atom stereocenters. The first kappa shape index (κ1) is 19.0. The average molecular weight is 388 g/mol. The van der Waals surface area contributed by atoms with E-state index in [1.165, 1.54) is 0 Å². The predicted octanol–water partition coefficient (Wildman–Crippen LogP) is 4.90. The lowest BCUT2D eigenvalue weighted by Crippen LogP contribution is -2.44. The molecule has 2 aromatic rings. The molecule has 1 aliphatic heterocycles. The second-order valence-corrected chi connectivity index (χ2v) is 6.81. The molecule has 3 amide bonds. The van der Waals surface area contributed by atoms with Crippen molar-refractivity contribution in [2.24, 2.45) is 0 Å². The molecular formula is C20H22ClN3O3. The van der Waals surface area contributed by atoms with E-state index in [1.54, 1.807) is 54.3 Å². The minimum absolute atomic E-state index is 0.0727. The first-order valence-electron chi connectivity index (χ1n) is 8.93. The summed E-state index contributed by atoms with van der Waals surface area (Å²) in [4.78, 5) is 26.5. The number of amides is 3. The maximum Gasteiger partial charge on any atom is 0.323 e. The van der Waals surface area contributed by atoms with E-state index in [0.717, 1.165) is 12.8 Å². The number of nitrogens with one attached hydrogen (secondary N) is 2. The van der Waals surface area contributed by atoms with Crippen LogP contribution >= 0.6 is 11.6 Å². The number of hydrogen-bond donors (Lipinski definition) is 2. The van der Waals surface area contributed by atoms with E-state index in [9.17, 15) is 9.59 Å². The molecule has 1 aliphatic rings. The topological polar surface area (TPSA) is 70.7 Å². The normalized spacial score (nSPS) is 15.7. The number of nitrogens with zero attached hydrogens (tertiary/aromatic N) is 1. The van der Waals surface area contributed by atoms with Crippen molar-refractivity contribution < 1.29 is 14.3 Å². The molecule has 0 spiro atoms. The molecule has 2 aromatic carbocycles. The first-order chi connectivity index (χ1) is 13.0. The number of rotatable bonds is 5. The lowest BCUT2D eigenvalue weighted by Gasteiger charge is -2.33. The van der Waals surface area contributed by atoms with Gasteiger partial charge in [0.2, 0.25) is 0 Å². The Kier molecular flexibility index (Phi) is 5.86. The Morgan fingerprint density at radius 3 is 2.63 bits per heavy atom. The van der Waals surface area contributed by atoms with Crippen molar-refractivity contribution in [3.8, 4) is 5.75 Å². The molecule has 0 bridgehead atoms. The highest BCUT2D eigenvalue weighted by atomic mass is 35.5. The van der Waals surface area contributed by atoms with Gasteiger partial charge in [0.25, 0.3) is 5.91 Å². The van der Waals surface area contributed by atoms with Gasteiger partial charge in [-0.3, -0.25) is 4.79 Å². The molecule has 1 atom stereocenters. The van der Waals surface area contributed by atoms with E-state index >= 15 is 0 Å². The second-order valence-electron chi connectivity index (χ2n) is 6.38. The summed E-state index contributed by atoms with van der Waals surface area (Å²) in [5.41, 5.74) is 1.84. The van der Waals surface area contributed by atoms with Crippen LogP contribution in [0.2, 0.25) is 5.02 Å². The SMILES string of the molecule is CCCCN1C(=O)C(C)Oc2ccc(NC(=O)Nc3cccc(Cl)c3)cc21. The zero-order valence-corrected chi connectivity index (χ0v) is 16.0. The van der Waals surface area contributed by atoms with Crippen LogP contribution in [0.15, 0.2) is 42.5 Å². The quantitative estimate of drug-likeness (QED) is 0.766. The van der Waals surface area contributed by atoms with Crippen LogP contribution in [0.1, 0.15) is 26.7 Å². The number of urea groups is 1. The largest absolute Gasteiger partial charge is 0.479 e. The molecule has 0 fully saturated rings. The maximum atomic E-state index is 12.5. The van der Waals surface area contributed by atoms with Crippen LogP contribution in [-0.2, 0) is 4.79 Å². The Balaban J connectivity index is 1.77. The molecule has 142 valence electrons. The third-order valence-corrected chi connectivity index (χ3v) is 4.48. The second kappa shape index (κ2) is 8.31. The van der Waals surface area contributed by atoms with Gasteiger partial charge in [0.1, 0.15) is 5.75 Å². The van der Waals surface area contributed by atoms with E-state index in [0.29, 0.717) is 34.4 Å². The number of hydrogen-bond acceptors (Lipinski definition) is 3. The van der Waals surface area contributed by atoms with Gasteiger partial charge < -0.3 is 20.3 Å². The highest BCUT2D eigenvalue weighted by molar-refractivity contribution is 6.30. The number of unbranched alkanes of at least 4 members (excludes halogenated alkanes) is 1. The van der Waals surface area contributed by atoms with Crippen LogP contribution in [0.5, 0.6) is 5.75 Å². The number of carbonyl (C=O) groups is 2. The third kappa shape index (κ3) is 4.52. The van der Waals surface area contributed by atoms with Crippen LogP contribution in [0, 0.1) is 0 Å². The van der Waals surface area contributed by atoms with Gasteiger partial charge in [0.15, 0.2) is 6.10 Å². The third-order valence-electron chi connectivity index (χ3n) is 4.24. The Hall–Kier alpha value is -2.73. The smallest absolute Gasteiger partial charge is 0.323 e. The summed E-state index contributed by atoms with van der Waals surface area (Å²) in [6.07, 6.45) is 1.36. The highest BCUT2D eigenvalue weighted by Crippen LogP contribution is 2.36. The van der Waals surface area contributed by atoms with E-state index in [1.807, 2.05) is 0 Å².